The van der Waals surface area contributed by atoms with Crippen LogP contribution in [0.15, 0.2) is 35.1 Å². The molecule has 7 nitrogen and oxygen atoms in total. The van der Waals surface area contributed by atoms with Crippen LogP contribution < -0.4 is 10.2 Å². The van der Waals surface area contributed by atoms with Gasteiger partial charge in [0.2, 0.25) is 0 Å². The second-order valence-corrected chi connectivity index (χ2v) is 8.39. The van der Waals surface area contributed by atoms with Crippen LogP contribution in [0.25, 0.3) is 22.1 Å². The SMILES string of the molecule is CC1CCN(c2nc3cc(Cl)cc(Cl)c3o2)CC1CNc1ncnc2[nH]ccc12. The lowest BCUT2D eigenvalue weighted by Crippen LogP contribution is -2.42. The zero-order valence-electron chi connectivity index (χ0n) is 15.8. The van der Waals surface area contributed by atoms with Crippen LogP contribution in [-0.4, -0.2) is 39.6 Å². The van der Waals surface area contributed by atoms with Gasteiger partial charge in [-0.1, -0.05) is 30.1 Å². The summed E-state index contributed by atoms with van der Waals surface area (Å²) in [7, 11) is 0. The fourth-order valence-corrected chi connectivity index (χ4v) is 4.43. The lowest BCUT2D eigenvalue weighted by molar-refractivity contribution is 0.305. The molecular formula is C20H20Cl2N6O. The zero-order chi connectivity index (χ0) is 20.0. The van der Waals surface area contributed by atoms with Gasteiger partial charge < -0.3 is 19.6 Å². The number of oxazole rings is 1. The molecule has 0 amide bonds. The van der Waals surface area contributed by atoms with Gasteiger partial charge in [-0.05, 0) is 36.5 Å². The Morgan fingerprint density at radius 1 is 1.31 bits per heavy atom. The Hall–Kier alpha value is -2.51. The molecular weight excluding hydrogens is 411 g/mol. The zero-order valence-corrected chi connectivity index (χ0v) is 17.3. The van der Waals surface area contributed by atoms with Crippen molar-refractivity contribution in [2.45, 2.75) is 13.3 Å². The summed E-state index contributed by atoms with van der Waals surface area (Å²) in [6.45, 7) is 4.83. The summed E-state index contributed by atoms with van der Waals surface area (Å²) in [4.78, 5) is 18.6. The molecule has 0 saturated carbocycles. The van der Waals surface area contributed by atoms with Crippen molar-refractivity contribution in [1.82, 2.24) is 19.9 Å². The van der Waals surface area contributed by atoms with E-state index in [9.17, 15) is 0 Å². The van der Waals surface area contributed by atoms with Gasteiger partial charge in [0.05, 0.1) is 10.4 Å². The Balaban J connectivity index is 1.34. The van der Waals surface area contributed by atoms with E-state index in [1.165, 1.54) is 0 Å². The van der Waals surface area contributed by atoms with Crippen LogP contribution >= 0.6 is 23.2 Å². The van der Waals surface area contributed by atoms with E-state index in [1.807, 2.05) is 12.3 Å². The van der Waals surface area contributed by atoms with Crippen molar-refractivity contribution in [1.29, 1.82) is 0 Å². The summed E-state index contributed by atoms with van der Waals surface area (Å²) in [6, 6.07) is 6.03. The number of anilines is 2. The minimum Gasteiger partial charge on any atom is -0.422 e. The first-order valence-electron chi connectivity index (χ1n) is 9.61. The van der Waals surface area contributed by atoms with Gasteiger partial charge in [0.1, 0.15) is 23.3 Å². The minimum atomic E-state index is 0.418. The van der Waals surface area contributed by atoms with E-state index in [0.29, 0.717) is 39.0 Å². The second-order valence-electron chi connectivity index (χ2n) is 7.55. The third kappa shape index (κ3) is 3.49. The number of hydrogen-bond acceptors (Lipinski definition) is 6. The van der Waals surface area contributed by atoms with Crippen molar-refractivity contribution >= 4 is 57.2 Å². The van der Waals surface area contributed by atoms with Gasteiger partial charge in [-0.2, -0.15) is 4.98 Å². The number of aromatic nitrogens is 4. The Morgan fingerprint density at radius 3 is 3.10 bits per heavy atom. The fourth-order valence-electron chi connectivity index (χ4n) is 3.91. The molecule has 1 fully saturated rings. The third-order valence-electron chi connectivity index (χ3n) is 5.67. The Kier molecular flexibility index (Phi) is 4.72. The number of halogens is 2. The van der Waals surface area contributed by atoms with Gasteiger partial charge in [-0.15, -0.1) is 0 Å². The molecule has 1 aromatic carbocycles. The van der Waals surface area contributed by atoms with Gasteiger partial charge >= 0.3 is 0 Å². The van der Waals surface area contributed by atoms with E-state index in [0.717, 1.165) is 42.9 Å². The molecule has 0 spiro atoms. The quantitative estimate of drug-likeness (QED) is 0.474. The average Bonchev–Trinajstić information content (AvgIpc) is 3.34. The standard InChI is InChI=1S/C20H20Cl2N6O/c1-11-3-5-28(20-27-16-7-13(21)6-15(22)17(16)29-20)9-12(11)8-24-19-14-2-4-23-18(14)25-10-26-19/h2,4,6-7,10-12H,3,5,8-9H2,1H3,(H2,23,24,25,26). The third-order valence-corrected chi connectivity index (χ3v) is 6.17. The summed E-state index contributed by atoms with van der Waals surface area (Å²) >= 11 is 12.4. The second kappa shape index (κ2) is 7.39. The lowest BCUT2D eigenvalue weighted by atomic mass is 9.87. The van der Waals surface area contributed by atoms with Crippen molar-refractivity contribution in [2.75, 3.05) is 29.9 Å². The molecule has 0 radical (unpaired) electrons. The number of benzene rings is 1. The molecule has 2 unspecified atom stereocenters. The predicted molar refractivity (Wildman–Crippen MR) is 116 cm³/mol. The van der Waals surface area contributed by atoms with E-state index >= 15 is 0 Å². The Labute approximate surface area is 177 Å². The molecule has 0 bridgehead atoms. The fraction of sp³-hybridized carbons (Fsp3) is 0.350. The number of rotatable bonds is 4. The number of aromatic amines is 1. The highest BCUT2D eigenvalue weighted by Crippen LogP contribution is 2.34. The van der Waals surface area contributed by atoms with Crippen LogP contribution in [0.2, 0.25) is 10.0 Å². The first-order valence-corrected chi connectivity index (χ1v) is 10.4. The molecule has 0 aliphatic carbocycles. The van der Waals surface area contributed by atoms with Crippen LogP contribution in [0.5, 0.6) is 0 Å². The number of nitrogens with one attached hydrogen (secondary N) is 2. The summed E-state index contributed by atoms with van der Waals surface area (Å²) in [5.74, 6) is 1.84. The maximum atomic E-state index is 6.26. The summed E-state index contributed by atoms with van der Waals surface area (Å²) in [5.41, 5.74) is 2.10. The number of H-pyrrole nitrogens is 1. The highest BCUT2D eigenvalue weighted by atomic mass is 35.5. The monoisotopic (exact) mass is 430 g/mol. The van der Waals surface area contributed by atoms with E-state index in [1.54, 1.807) is 18.5 Å². The van der Waals surface area contributed by atoms with Crippen LogP contribution in [0.4, 0.5) is 11.8 Å². The average molecular weight is 431 g/mol. The number of nitrogens with zero attached hydrogens (tertiary/aromatic N) is 4. The Bertz CT molecular complexity index is 1170. The molecule has 2 N–H and O–H groups in total. The van der Waals surface area contributed by atoms with E-state index in [4.69, 9.17) is 27.6 Å². The number of fused-ring (bicyclic) bond motifs is 2. The van der Waals surface area contributed by atoms with Gasteiger partial charge in [0.25, 0.3) is 6.01 Å². The molecule has 4 heterocycles. The summed E-state index contributed by atoms with van der Waals surface area (Å²) < 4.78 is 5.97. The lowest BCUT2D eigenvalue weighted by Gasteiger charge is -2.36. The van der Waals surface area contributed by atoms with Crippen LogP contribution in [0.3, 0.4) is 0 Å². The van der Waals surface area contributed by atoms with E-state index in [2.05, 4.69) is 37.1 Å². The van der Waals surface area contributed by atoms with Crippen molar-refractivity contribution in [3.8, 4) is 0 Å². The van der Waals surface area contributed by atoms with Crippen molar-refractivity contribution in [3.05, 3.63) is 40.8 Å². The number of hydrogen-bond donors (Lipinski definition) is 2. The topological polar surface area (TPSA) is 82.9 Å². The largest absolute Gasteiger partial charge is 0.422 e. The minimum absolute atomic E-state index is 0.418. The maximum Gasteiger partial charge on any atom is 0.298 e. The molecule has 2 atom stereocenters. The van der Waals surface area contributed by atoms with Crippen LogP contribution in [0, 0.1) is 11.8 Å². The molecule has 1 aliphatic rings. The van der Waals surface area contributed by atoms with Gasteiger partial charge in [0, 0.05) is 30.9 Å². The molecule has 29 heavy (non-hydrogen) atoms. The molecule has 1 aliphatic heterocycles. The van der Waals surface area contributed by atoms with Crippen molar-refractivity contribution in [3.63, 3.8) is 0 Å². The summed E-state index contributed by atoms with van der Waals surface area (Å²) in [6.07, 6.45) is 4.51. The van der Waals surface area contributed by atoms with Crippen LogP contribution in [-0.2, 0) is 0 Å². The van der Waals surface area contributed by atoms with Gasteiger partial charge in [-0.3, -0.25) is 0 Å². The van der Waals surface area contributed by atoms with Crippen LogP contribution in [0.1, 0.15) is 13.3 Å². The number of piperidine rings is 1. The predicted octanol–water partition coefficient (Wildman–Crippen LogP) is 4.98. The summed E-state index contributed by atoms with van der Waals surface area (Å²) in [5, 5.41) is 5.53. The van der Waals surface area contributed by atoms with Gasteiger partial charge in [-0.25, -0.2) is 9.97 Å². The van der Waals surface area contributed by atoms with E-state index < -0.39 is 0 Å². The van der Waals surface area contributed by atoms with Crippen molar-refractivity contribution < 1.29 is 4.42 Å². The first-order chi connectivity index (χ1) is 14.1. The van der Waals surface area contributed by atoms with E-state index in [-0.39, 0.29) is 0 Å². The molecule has 1 saturated heterocycles. The highest BCUT2D eigenvalue weighted by Gasteiger charge is 2.29. The maximum absolute atomic E-state index is 6.26. The Morgan fingerprint density at radius 2 is 2.21 bits per heavy atom. The molecule has 9 heteroatoms. The first kappa shape index (κ1) is 18.5. The van der Waals surface area contributed by atoms with Gasteiger partial charge in [0.15, 0.2) is 5.58 Å². The molecule has 3 aromatic heterocycles. The highest BCUT2D eigenvalue weighted by molar-refractivity contribution is 6.38. The molecule has 150 valence electrons. The molecule has 4 aromatic rings. The smallest absolute Gasteiger partial charge is 0.298 e. The molecule has 5 rings (SSSR count). The van der Waals surface area contributed by atoms with Crippen molar-refractivity contribution in [2.24, 2.45) is 11.8 Å². The normalized spacial score (nSPS) is 19.9.